The molecule has 1 atom stereocenters. The Hall–Kier alpha value is -3.09. The van der Waals surface area contributed by atoms with E-state index < -0.39 is 11.9 Å². The Bertz CT molecular complexity index is 840. The third kappa shape index (κ3) is 3.77. The number of nitrogens with one attached hydrogen (secondary N) is 1. The molecule has 0 spiro atoms. The molecule has 26 heavy (non-hydrogen) atoms. The lowest BCUT2D eigenvalue weighted by Crippen LogP contribution is -2.41. The molecule has 0 saturated heterocycles. The minimum Gasteiger partial charge on any atom is -0.494 e. The molecule has 1 aliphatic rings. The van der Waals surface area contributed by atoms with E-state index in [9.17, 15) is 14.0 Å². The smallest absolute Gasteiger partial charge is 0.266 e. The first-order valence-electron chi connectivity index (χ1n) is 8.11. The molecule has 2 amide bonds. The summed E-state index contributed by atoms with van der Waals surface area (Å²) >= 11 is 0. The van der Waals surface area contributed by atoms with Crippen molar-refractivity contribution in [2.24, 2.45) is 0 Å². The summed E-state index contributed by atoms with van der Waals surface area (Å²) in [4.78, 5) is 26.0. The quantitative estimate of drug-likeness (QED) is 0.892. The van der Waals surface area contributed by atoms with E-state index in [2.05, 4.69) is 5.32 Å². The van der Waals surface area contributed by atoms with Gasteiger partial charge in [0.1, 0.15) is 5.75 Å². The molecule has 0 aliphatic carbocycles. The van der Waals surface area contributed by atoms with Gasteiger partial charge >= 0.3 is 0 Å². The molecule has 0 unspecified atom stereocenters. The monoisotopic (exact) mass is 358 g/mol. The van der Waals surface area contributed by atoms with E-state index in [4.69, 9.17) is 9.47 Å². The highest BCUT2D eigenvalue weighted by Crippen LogP contribution is 2.29. The van der Waals surface area contributed by atoms with Crippen molar-refractivity contribution < 1.29 is 23.5 Å². The van der Waals surface area contributed by atoms with Crippen LogP contribution in [0.2, 0.25) is 0 Å². The Morgan fingerprint density at radius 1 is 1.31 bits per heavy atom. The zero-order valence-electron chi connectivity index (χ0n) is 14.5. The summed E-state index contributed by atoms with van der Waals surface area (Å²) in [6, 6.07) is 11.6. The summed E-state index contributed by atoms with van der Waals surface area (Å²) in [7, 11) is 2.99. The Balaban J connectivity index is 1.62. The Kier molecular flexibility index (Phi) is 5.06. The molecule has 1 heterocycles. The molecule has 0 radical (unpaired) electrons. The maximum Gasteiger partial charge on any atom is 0.266 e. The standard InChI is InChI=1S/C19H19FN2O4/c1-22(11-12-7-8-15(25-2)13(20)9-12)18(23)10-17-19(24)21-14-5-3-4-6-16(14)26-17/h3-9,17H,10-11H2,1-2H3,(H,21,24)/t17-/m0/s1. The summed E-state index contributed by atoms with van der Waals surface area (Å²) in [5, 5.41) is 2.73. The number of carbonyl (C=O) groups is 2. The van der Waals surface area contributed by atoms with Crippen molar-refractivity contribution in [2.45, 2.75) is 19.1 Å². The summed E-state index contributed by atoms with van der Waals surface area (Å²) in [5.74, 6) is -0.447. The molecule has 0 saturated carbocycles. The number of rotatable bonds is 5. The number of ether oxygens (including phenoxy) is 2. The predicted molar refractivity (Wildman–Crippen MR) is 93.5 cm³/mol. The molecule has 136 valence electrons. The predicted octanol–water partition coefficient (Wildman–Crippen LogP) is 2.58. The fourth-order valence-corrected chi connectivity index (χ4v) is 2.71. The number of hydrogen-bond acceptors (Lipinski definition) is 4. The fourth-order valence-electron chi connectivity index (χ4n) is 2.71. The maximum atomic E-state index is 13.8. The highest BCUT2D eigenvalue weighted by atomic mass is 19.1. The van der Waals surface area contributed by atoms with Gasteiger partial charge in [0.25, 0.3) is 5.91 Å². The van der Waals surface area contributed by atoms with Gasteiger partial charge in [-0.3, -0.25) is 9.59 Å². The second kappa shape index (κ2) is 7.43. The van der Waals surface area contributed by atoms with Crippen LogP contribution < -0.4 is 14.8 Å². The van der Waals surface area contributed by atoms with Crippen LogP contribution in [0.1, 0.15) is 12.0 Å². The van der Waals surface area contributed by atoms with E-state index in [1.54, 1.807) is 37.4 Å². The van der Waals surface area contributed by atoms with Gasteiger partial charge < -0.3 is 19.7 Å². The molecule has 2 aromatic carbocycles. The van der Waals surface area contributed by atoms with Gasteiger partial charge in [-0.15, -0.1) is 0 Å². The van der Waals surface area contributed by atoms with Crippen molar-refractivity contribution in [1.82, 2.24) is 4.90 Å². The average Bonchev–Trinajstić information content (AvgIpc) is 2.62. The minimum atomic E-state index is -0.896. The molecule has 0 aromatic heterocycles. The summed E-state index contributed by atoms with van der Waals surface area (Å²) < 4.78 is 24.3. The number of anilines is 1. The first-order chi connectivity index (χ1) is 12.5. The van der Waals surface area contributed by atoms with Crippen molar-refractivity contribution in [3.63, 3.8) is 0 Å². The number of carbonyl (C=O) groups excluding carboxylic acids is 2. The Morgan fingerprint density at radius 3 is 2.81 bits per heavy atom. The second-order valence-electron chi connectivity index (χ2n) is 6.01. The van der Waals surface area contributed by atoms with Gasteiger partial charge in [0.15, 0.2) is 17.7 Å². The number of hydrogen-bond donors (Lipinski definition) is 1. The van der Waals surface area contributed by atoms with Crippen LogP contribution in [0.4, 0.5) is 10.1 Å². The largest absolute Gasteiger partial charge is 0.494 e. The second-order valence-corrected chi connectivity index (χ2v) is 6.01. The van der Waals surface area contributed by atoms with E-state index in [0.717, 1.165) is 0 Å². The van der Waals surface area contributed by atoms with Gasteiger partial charge in [-0.05, 0) is 29.8 Å². The molecule has 7 heteroatoms. The summed E-state index contributed by atoms with van der Waals surface area (Å²) in [5.41, 5.74) is 1.21. The summed E-state index contributed by atoms with van der Waals surface area (Å²) in [6.45, 7) is 0.213. The number of para-hydroxylation sites is 2. The Morgan fingerprint density at radius 2 is 2.08 bits per heavy atom. The average molecular weight is 358 g/mol. The molecule has 0 fully saturated rings. The number of fused-ring (bicyclic) bond motifs is 1. The van der Waals surface area contributed by atoms with Crippen LogP contribution in [-0.4, -0.2) is 37.0 Å². The third-order valence-corrected chi connectivity index (χ3v) is 4.13. The van der Waals surface area contributed by atoms with E-state index in [1.807, 2.05) is 0 Å². The van der Waals surface area contributed by atoms with Gasteiger partial charge in [-0.1, -0.05) is 18.2 Å². The minimum absolute atomic E-state index is 0.102. The number of amides is 2. The van der Waals surface area contributed by atoms with E-state index in [0.29, 0.717) is 17.0 Å². The SMILES string of the molecule is COc1ccc(CN(C)C(=O)C[C@@H]2Oc3ccccc3NC2=O)cc1F. The zero-order chi connectivity index (χ0) is 18.7. The van der Waals surface area contributed by atoms with Crippen molar-refractivity contribution in [3.8, 4) is 11.5 Å². The van der Waals surface area contributed by atoms with Crippen LogP contribution in [0.5, 0.6) is 11.5 Å². The van der Waals surface area contributed by atoms with Crippen LogP contribution in [0, 0.1) is 5.82 Å². The van der Waals surface area contributed by atoms with Crippen LogP contribution in [0.25, 0.3) is 0 Å². The van der Waals surface area contributed by atoms with Crippen LogP contribution in [-0.2, 0) is 16.1 Å². The van der Waals surface area contributed by atoms with Crippen LogP contribution in [0.15, 0.2) is 42.5 Å². The van der Waals surface area contributed by atoms with Gasteiger partial charge in [0.05, 0.1) is 19.2 Å². The van der Waals surface area contributed by atoms with Gasteiger partial charge in [-0.2, -0.15) is 0 Å². The van der Waals surface area contributed by atoms with Crippen LogP contribution >= 0.6 is 0 Å². The first-order valence-corrected chi connectivity index (χ1v) is 8.11. The highest BCUT2D eigenvalue weighted by molar-refractivity contribution is 5.99. The molecule has 3 rings (SSSR count). The topological polar surface area (TPSA) is 67.9 Å². The lowest BCUT2D eigenvalue weighted by Gasteiger charge is -2.27. The Labute approximate surface area is 150 Å². The van der Waals surface area contributed by atoms with E-state index >= 15 is 0 Å². The highest BCUT2D eigenvalue weighted by Gasteiger charge is 2.30. The molecule has 1 aliphatic heterocycles. The van der Waals surface area contributed by atoms with Crippen molar-refractivity contribution in [3.05, 3.63) is 53.8 Å². The van der Waals surface area contributed by atoms with E-state index in [1.165, 1.54) is 24.1 Å². The molecule has 1 N–H and O–H groups in total. The number of nitrogens with zero attached hydrogens (tertiary/aromatic N) is 1. The molecular weight excluding hydrogens is 339 g/mol. The van der Waals surface area contributed by atoms with Crippen LogP contribution in [0.3, 0.4) is 0 Å². The molecular formula is C19H19FN2O4. The van der Waals surface area contributed by atoms with Gasteiger partial charge in [0, 0.05) is 13.6 Å². The van der Waals surface area contributed by atoms with Crippen molar-refractivity contribution in [2.75, 3.05) is 19.5 Å². The normalized spacial score (nSPS) is 15.5. The van der Waals surface area contributed by atoms with Gasteiger partial charge in [0.2, 0.25) is 5.91 Å². The lowest BCUT2D eigenvalue weighted by molar-refractivity contribution is -0.136. The molecule has 0 bridgehead atoms. The third-order valence-electron chi connectivity index (χ3n) is 4.13. The van der Waals surface area contributed by atoms with E-state index in [-0.39, 0.29) is 30.5 Å². The zero-order valence-corrected chi connectivity index (χ0v) is 14.5. The lowest BCUT2D eigenvalue weighted by atomic mass is 10.1. The van der Waals surface area contributed by atoms with Gasteiger partial charge in [-0.25, -0.2) is 4.39 Å². The first kappa shape index (κ1) is 17.7. The fraction of sp³-hybridized carbons (Fsp3) is 0.263. The maximum absolute atomic E-state index is 13.8. The number of halogens is 1. The molecule has 6 nitrogen and oxygen atoms in total. The number of methoxy groups -OCH3 is 1. The van der Waals surface area contributed by atoms with Crippen molar-refractivity contribution in [1.29, 1.82) is 0 Å². The molecule has 2 aromatic rings. The summed E-state index contributed by atoms with van der Waals surface area (Å²) in [6.07, 6.45) is -0.998. The number of benzene rings is 2. The van der Waals surface area contributed by atoms with Crippen molar-refractivity contribution >= 4 is 17.5 Å².